The van der Waals surface area contributed by atoms with Gasteiger partial charge < -0.3 is 24.4 Å². The molecule has 0 bridgehead atoms. The van der Waals surface area contributed by atoms with Gasteiger partial charge in [0.15, 0.2) is 0 Å². The van der Waals surface area contributed by atoms with Gasteiger partial charge in [0.05, 0.1) is 47.8 Å². The second-order valence-electron chi connectivity index (χ2n) is 9.59. The molecule has 12 heteroatoms. The van der Waals surface area contributed by atoms with Gasteiger partial charge in [0, 0.05) is 55.4 Å². The van der Waals surface area contributed by atoms with E-state index < -0.39 is 17.8 Å². The van der Waals surface area contributed by atoms with Gasteiger partial charge in [0.25, 0.3) is 0 Å². The molecule has 2 aromatic heterocycles. The predicted octanol–water partition coefficient (Wildman–Crippen LogP) is 6.32. The first-order chi connectivity index (χ1) is 19.1. The van der Waals surface area contributed by atoms with E-state index in [4.69, 9.17) is 14.5 Å². The number of aryl methyl sites for hydroxylation is 1. The maximum Gasteiger partial charge on any atom is 0.416 e. The van der Waals surface area contributed by atoms with E-state index in [1.807, 2.05) is 25.1 Å². The molecule has 2 aliphatic rings. The summed E-state index contributed by atoms with van der Waals surface area (Å²) < 4.78 is 52.4. The Morgan fingerprint density at radius 3 is 2.45 bits per heavy atom. The minimum absolute atomic E-state index is 0.0735. The highest BCUT2D eigenvalue weighted by Crippen LogP contribution is 2.48. The van der Waals surface area contributed by atoms with Crippen molar-refractivity contribution in [1.29, 1.82) is 0 Å². The van der Waals surface area contributed by atoms with Crippen LogP contribution in [0.2, 0.25) is 0 Å². The summed E-state index contributed by atoms with van der Waals surface area (Å²) >= 11 is 1.50. The number of aromatic nitrogens is 1. The molecule has 1 saturated heterocycles. The number of nitrogens with zero attached hydrogens (tertiary/aromatic N) is 5. The monoisotopic (exact) mass is 573 g/mol. The molecule has 5 rings (SSSR count). The number of benzene rings is 1. The fraction of sp³-hybridized carbons (Fsp3) is 0.357. The molecule has 0 radical (unpaired) electrons. The van der Waals surface area contributed by atoms with Crippen molar-refractivity contribution < 1.29 is 27.8 Å². The lowest BCUT2D eigenvalue weighted by Gasteiger charge is -2.45. The number of pyridine rings is 1. The highest BCUT2D eigenvalue weighted by molar-refractivity contribution is 7.12. The van der Waals surface area contributed by atoms with Crippen molar-refractivity contribution in [1.82, 2.24) is 9.88 Å². The topological polar surface area (TPSA) is 73.7 Å². The summed E-state index contributed by atoms with van der Waals surface area (Å²) in [6, 6.07) is 8.64. The van der Waals surface area contributed by atoms with Crippen LogP contribution in [-0.4, -0.2) is 61.3 Å². The number of alkyl halides is 3. The second-order valence-corrected chi connectivity index (χ2v) is 10.9. The summed E-state index contributed by atoms with van der Waals surface area (Å²) in [5, 5.41) is 10.3. The molecule has 1 atom stereocenters. The van der Waals surface area contributed by atoms with Crippen LogP contribution in [0.15, 0.2) is 59.9 Å². The SMILES string of the molecule is C=C(O)CC1c2sc(C)cc2N=C(N2CCN(c3ccnc(OC)c3)CC2)N1c1cc(C(F)(F)F)ccc1OC. The molecule has 1 fully saturated rings. The van der Waals surface area contributed by atoms with Crippen molar-refractivity contribution in [2.75, 3.05) is 50.2 Å². The number of aliphatic hydroxyl groups excluding tert-OH is 1. The molecule has 0 spiro atoms. The first-order valence-electron chi connectivity index (χ1n) is 12.7. The zero-order valence-electron chi connectivity index (χ0n) is 22.4. The number of ether oxygens (including phenoxy) is 2. The van der Waals surface area contributed by atoms with Crippen LogP contribution < -0.4 is 19.3 Å². The first-order valence-corrected chi connectivity index (χ1v) is 13.5. The fourth-order valence-electron chi connectivity index (χ4n) is 5.10. The largest absolute Gasteiger partial charge is 0.513 e. The molecule has 0 amide bonds. The molecular weight excluding hydrogens is 543 g/mol. The Morgan fingerprint density at radius 1 is 1.07 bits per heavy atom. The third kappa shape index (κ3) is 5.40. The number of fused-ring (bicyclic) bond motifs is 1. The maximum atomic E-state index is 13.9. The molecule has 0 saturated carbocycles. The number of hydrogen-bond donors (Lipinski definition) is 1. The van der Waals surface area contributed by atoms with Crippen LogP contribution in [0.5, 0.6) is 11.6 Å². The Kier molecular flexibility index (Phi) is 7.54. The zero-order valence-corrected chi connectivity index (χ0v) is 23.2. The third-order valence-corrected chi connectivity index (χ3v) is 8.10. The molecule has 1 N–H and O–H groups in total. The van der Waals surface area contributed by atoms with Crippen LogP contribution in [-0.2, 0) is 6.18 Å². The molecule has 2 aliphatic heterocycles. The molecule has 0 aliphatic carbocycles. The lowest BCUT2D eigenvalue weighted by atomic mass is 10.0. The average Bonchev–Trinajstić information content (AvgIpc) is 3.32. The van der Waals surface area contributed by atoms with E-state index in [9.17, 15) is 18.3 Å². The quantitative estimate of drug-likeness (QED) is 0.346. The number of halogens is 3. The molecular formula is C28H30F3N5O3S. The van der Waals surface area contributed by atoms with Crippen molar-refractivity contribution in [3.63, 3.8) is 0 Å². The summed E-state index contributed by atoms with van der Waals surface area (Å²) in [6.45, 7) is 8.07. The van der Waals surface area contributed by atoms with Crippen LogP contribution >= 0.6 is 11.3 Å². The summed E-state index contributed by atoms with van der Waals surface area (Å²) in [7, 11) is 3.00. The highest BCUT2D eigenvalue weighted by Gasteiger charge is 2.40. The molecule has 1 unspecified atom stereocenters. The number of hydrogen-bond acceptors (Lipinski definition) is 9. The standard InChI is InChI=1S/C28H30F3N5O3S/c1-17(37)13-23-26-21(14-18(2)40-26)33-27(36(23)22-15-19(28(29,30)31)5-6-24(22)38-3)35-11-9-34(10-12-35)20-7-8-32-25(16-20)39-4/h5-8,14-16,23,37H,1,9-13H2,2-4H3. The summed E-state index contributed by atoms with van der Waals surface area (Å²) in [5.41, 5.74) is 1.14. The molecule has 1 aromatic carbocycles. The molecule has 212 valence electrons. The number of methoxy groups -OCH3 is 2. The third-order valence-electron chi connectivity index (χ3n) is 6.96. The smallest absolute Gasteiger partial charge is 0.416 e. The van der Waals surface area contributed by atoms with Crippen LogP contribution in [0.4, 0.5) is 30.2 Å². The van der Waals surface area contributed by atoms with E-state index in [1.54, 1.807) is 18.2 Å². The zero-order chi connectivity index (χ0) is 28.6. The van der Waals surface area contributed by atoms with E-state index in [0.717, 1.165) is 33.3 Å². The van der Waals surface area contributed by atoms with Crippen LogP contribution in [0.25, 0.3) is 0 Å². The number of guanidine groups is 1. The molecule has 8 nitrogen and oxygen atoms in total. The Balaban J connectivity index is 1.57. The van der Waals surface area contributed by atoms with Gasteiger partial charge >= 0.3 is 6.18 Å². The van der Waals surface area contributed by atoms with E-state index in [1.165, 1.54) is 24.5 Å². The number of aliphatic hydroxyl groups is 1. The number of rotatable bonds is 6. The molecule has 40 heavy (non-hydrogen) atoms. The predicted molar refractivity (Wildman–Crippen MR) is 150 cm³/mol. The van der Waals surface area contributed by atoms with Gasteiger partial charge in [-0.3, -0.25) is 4.90 Å². The Bertz CT molecular complexity index is 1430. The number of aliphatic imine (C=N–C) groups is 1. The van der Waals surface area contributed by atoms with Gasteiger partial charge in [0.2, 0.25) is 11.8 Å². The number of thiophene rings is 1. The first kappa shape index (κ1) is 27.6. The van der Waals surface area contributed by atoms with Crippen molar-refractivity contribution in [2.24, 2.45) is 4.99 Å². The van der Waals surface area contributed by atoms with Gasteiger partial charge in [-0.2, -0.15) is 13.2 Å². The Labute approximate surface area is 234 Å². The average molecular weight is 574 g/mol. The van der Waals surface area contributed by atoms with Crippen molar-refractivity contribution >= 4 is 34.4 Å². The normalized spacial score (nSPS) is 17.4. The van der Waals surface area contributed by atoms with E-state index in [-0.39, 0.29) is 23.6 Å². The number of piperazine rings is 1. The van der Waals surface area contributed by atoms with Crippen LogP contribution in [0.3, 0.4) is 0 Å². The summed E-state index contributed by atoms with van der Waals surface area (Å²) in [6.07, 6.45) is -2.74. The fourth-order valence-corrected chi connectivity index (χ4v) is 6.15. The lowest BCUT2D eigenvalue weighted by molar-refractivity contribution is -0.137. The lowest BCUT2D eigenvalue weighted by Crippen LogP contribution is -2.55. The van der Waals surface area contributed by atoms with Crippen molar-refractivity contribution in [3.8, 4) is 11.6 Å². The summed E-state index contributed by atoms with van der Waals surface area (Å²) in [5.74, 6) is 1.22. The molecule has 4 heterocycles. The van der Waals surface area contributed by atoms with E-state index in [2.05, 4.69) is 21.4 Å². The molecule has 3 aromatic rings. The minimum atomic E-state index is -4.55. The number of anilines is 2. The highest BCUT2D eigenvalue weighted by atomic mass is 32.1. The van der Waals surface area contributed by atoms with Crippen molar-refractivity contribution in [3.05, 3.63) is 70.3 Å². The van der Waals surface area contributed by atoms with Gasteiger partial charge in [-0.15, -0.1) is 11.3 Å². The minimum Gasteiger partial charge on any atom is -0.513 e. The van der Waals surface area contributed by atoms with E-state index in [0.29, 0.717) is 38.0 Å². The van der Waals surface area contributed by atoms with Gasteiger partial charge in [-0.25, -0.2) is 9.98 Å². The van der Waals surface area contributed by atoms with E-state index >= 15 is 0 Å². The van der Waals surface area contributed by atoms with Gasteiger partial charge in [0.1, 0.15) is 5.75 Å². The van der Waals surface area contributed by atoms with Gasteiger partial charge in [-0.1, -0.05) is 6.58 Å². The van der Waals surface area contributed by atoms with Crippen LogP contribution in [0, 0.1) is 6.92 Å². The second kappa shape index (κ2) is 10.9. The van der Waals surface area contributed by atoms with Crippen LogP contribution in [0.1, 0.15) is 27.8 Å². The maximum absolute atomic E-state index is 13.9. The summed E-state index contributed by atoms with van der Waals surface area (Å²) in [4.78, 5) is 17.0. The van der Waals surface area contributed by atoms with Gasteiger partial charge in [-0.05, 0) is 37.3 Å². The Hall–Kier alpha value is -3.93. The Morgan fingerprint density at radius 2 is 1.80 bits per heavy atom. The van der Waals surface area contributed by atoms with Crippen molar-refractivity contribution in [2.45, 2.75) is 25.6 Å².